The summed E-state index contributed by atoms with van der Waals surface area (Å²) in [5.41, 5.74) is 5.26. The number of aromatic nitrogens is 1. The van der Waals surface area contributed by atoms with Crippen LogP contribution in [0.4, 0.5) is 5.69 Å². The summed E-state index contributed by atoms with van der Waals surface area (Å²) in [6, 6.07) is 12.7. The largest absolute Gasteiger partial charge is 0.459 e. The molecule has 0 aliphatic carbocycles. The first-order valence-corrected chi connectivity index (χ1v) is 9.96. The van der Waals surface area contributed by atoms with E-state index in [1.165, 1.54) is 36.8 Å². The van der Waals surface area contributed by atoms with Gasteiger partial charge in [-0.2, -0.15) is 0 Å². The van der Waals surface area contributed by atoms with Gasteiger partial charge in [-0.15, -0.1) is 12.6 Å². The van der Waals surface area contributed by atoms with E-state index in [0.717, 1.165) is 35.4 Å². The monoisotopic (exact) mass is 386 g/mol. The van der Waals surface area contributed by atoms with E-state index in [0.29, 0.717) is 4.84 Å². The summed E-state index contributed by atoms with van der Waals surface area (Å²) < 4.78 is 11.1. The number of thiol groups is 1. The van der Waals surface area contributed by atoms with Crippen molar-refractivity contribution in [3.05, 3.63) is 52.4 Å². The lowest BCUT2D eigenvalue weighted by molar-refractivity contribution is 0.342. The summed E-state index contributed by atoms with van der Waals surface area (Å²) in [4.78, 5) is 3.47. The maximum atomic E-state index is 5.61. The summed E-state index contributed by atoms with van der Waals surface area (Å²) in [6.07, 6.45) is 7.01. The minimum atomic E-state index is -0.226. The Kier molecular flexibility index (Phi) is 5.22. The van der Waals surface area contributed by atoms with Crippen LogP contribution in [0, 0.1) is 4.84 Å². The number of oxazole rings is 1. The molecular weight excluding hydrogens is 364 g/mol. The number of fused-ring (bicyclic) bond motifs is 2. The van der Waals surface area contributed by atoms with Crippen molar-refractivity contribution in [1.29, 1.82) is 0 Å². The SMILES string of the molecule is S=c1[nH]c2ccc(CCCCCCc3ccc4c(c3)OC(S)N4)cc2o1. The molecule has 1 atom stereocenters. The highest BCUT2D eigenvalue weighted by Gasteiger charge is 2.18. The van der Waals surface area contributed by atoms with Crippen LogP contribution in [0.25, 0.3) is 11.1 Å². The Labute approximate surface area is 163 Å². The normalized spacial score (nSPS) is 15.7. The first kappa shape index (κ1) is 17.5. The van der Waals surface area contributed by atoms with Gasteiger partial charge in [0.25, 0.3) is 4.84 Å². The smallest absolute Gasteiger partial charge is 0.266 e. The highest BCUT2D eigenvalue weighted by atomic mass is 32.1. The third-order valence-electron chi connectivity index (χ3n) is 4.73. The number of hydrogen-bond acceptors (Lipinski definition) is 5. The van der Waals surface area contributed by atoms with Crippen LogP contribution in [0.2, 0.25) is 0 Å². The minimum absolute atomic E-state index is 0.226. The lowest BCUT2D eigenvalue weighted by Gasteiger charge is -2.05. The van der Waals surface area contributed by atoms with Gasteiger partial charge in [-0.1, -0.05) is 25.0 Å². The molecule has 2 heterocycles. The number of aryl methyl sites for hydroxylation is 2. The fraction of sp³-hybridized carbons (Fsp3) is 0.350. The van der Waals surface area contributed by atoms with Crippen LogP contribution in [0.5, 0.6) is 5.75 Å². The summed E-state index contributed by atoms with van der Waals surface area (Å²) >= 11 is 9.31. The predicted molar refractivity (Wildman–Crippen MR) is 111 cm³/mol. The molecule has 1 unspecified atom stereocenters. The third kappa shape index (κ3) is 4.07. The summed E-state index contributed by atoms with van der Waals surface area (Å²) in [6.45, 7) is 0. The van der Waals surface area contributed by atoms with Gasteiger partial charge in [0.15, 0.2) is 5.58 Å². The Morgan fingerprint density at radius 2 is 1.69 bits per heavy atom. The van der Waals surface area contributed by atoms with E-state index in [1.807, 2.05) is 6.07 Å². The summed E-state index contributed by atoms with van der Waals surface area (Å²) in [5, 5.41) is 3.16. The molecule has 3 aromatic rings. The zero-order valence-corrected chi connectivity index (χ0v) is 16.2. The molecule has 1 aliphatic rings. The van der Waals surface area contributed by atoms with Gasteiger partial charge in [0.2, 0.25) is 5.56 Å². The number of aromatic amines is 1. The van der Waals surface area contributed by atoms with Crippen LogP contribution in [0.1, 0.15) is 36.8 Å². The van der Waals surface area contributed by atoms with Crippen molar-refractivity contribution in [1.82, 2.24) is 4.98 Å². The molecule has 0 radical (unpaired) electrons. The van der Waals surface area contributed by atoms with Crippen molar-refractivity contribution in [2.24, 2.45) is 0 Å². The fourth-order valence-electron chi connectivity index (χ4n) is 3.38. The lowest BCUT2D eigenvalue weighted by Crippen LogP contribution is -2.10. The van der Waals surface area contributed by atoms with E-state index in [-0.39, 0.29) is 5.56 Å². The van der Waals surface area contributed by atoms with Crippen LogP contribution < -0.4 is 10.1 Å². The number of ether oxygens (including phenoxy) is 1. The number of anilines is 1. The second-order valence-corrected chi connectivity index (χ2v) is 7.54. The number of unbranched alkanes of at least 4 members (excludes halogenated alkanes) is 3. The van der Waals surface area contributed by atoms with E-state index in [9.17, 15) is 0 Å². The van der Waals surface area contributed by atoms with Crippen LogP contribution in [0.3, 0.4) is 0 Å². The molecule has 0 saturated carbocycles. The second-order valence-electron chi connectivity index (χ2n) is 6.70. The van der Waals surface area contributed by atoms with Crippen molar-refractivity contribution in [2.45, 2.75) is 44.1 Å². The molecule has 0 fully saturated rings. The third-order valence-corrected chi connectivity index (χ3v) is 5.15. The van der Waals surface area contributed by atoms with E-state index in [4.69, 9.17) is 21.4 Å². The van der Waals surface area contributed by atoms with Crippen molar-refractivity contribution in [2.75, 3.05) is 5.32 Å². The summed E-state index contributed by atoms with van der Waals surface area (Å²) in [5.74, 6) is 0.912. The van der Waals surface area contributed by atoms with E-state index >= 15 is 0 Å². The first-order chi connectivity index (χ1) is 12.7. The van der Waals surface area contributed by atoms with Crippen molar-refractivity contribution in [3.8, 4) is 5.75 Å². The minimum Gasteiger partial charge on any atom is -0.459 e. The molecule has 2 N–H and O–H groups in total. The average Bonchev–Trinajstić information content (AvgIpc) is 3.17. The van der Waals surface area contributed by atoms with Crippen molar-refractivity contribution >= 4 is 41.6 Å². The topological polar surface area (TPSA) is 50.2 Å². The van der Waals surface area contributed by atoms with Gasteiger partial charge < -0.3 is 19.5 Å². The number of benzene rings is 2. The molecule has 4 nitrogen and oxygen atoms in total. The van der Waals surface area contributed by atoms with Gasteiger partial charge in [0, 0.05) is 0 Å². The second kappa shape index (κ2) is 7.76. The van der Waals surface area contributed by atoms with Gasteiger partial charge in [-0.25, -0.2) is 0 Å². The predicted octanol–water partition coefficient (Wildman–Crippen LogP) is 5.85. The van der Waals surface area contributed by atoms with Crippen LogP contribution in [-0.4, -0.2) is 10.5 Å². The molecule has 1 aromatic heterocycles. The molecule has 2 aromatic carbocycles. The first-order valence-electron chi connectivity index (χ1n) is 9.03. The number of nitrogens with one attached hydrogen (secondary N) is 2. The highest BCUT2D eigenvalue weighted by molar-refractivity contribution is 7.80. The zero-order chi connectivity index (χ0) is 17.9. The van der Waals surface area contributed by atoms with Crippen LogP contribution in [0.15, 0.2) is 40.8 Å². The average molecular weight is 387 g/mol. The number of hydrogen-bond donors (Lipinski definition) is 3. The molecule has 0 saturated heterocycles. The van der Waals surface area contributed by atoms with Gasteiger partial charge in [0.1, 0.15) is 5.75 Å². The van der Waals surface area contributed by atoms with Crippen LogP contribution >= 0.6 is 24.8 Å². The highest BCUT2D eigenvalue weighted by Crippen LogP contribution is 2.33. The van der Waals surface area contributed by atoms with Gasteiger partial charge in [0.05, 0.1) is 11.2 Å². The lowest BCUT2D eigenvalue weighted by atomic mass is 10.0. The Morgan fingerprint density at radius 1 is 0.962 bits per heavy atom. The molecule has 4 rings (SSSR count). The standard InChI is InChI=1S/C20H22N2O2S2/c25-19-21-15-9-7-13(11-17(15)23-19)5-3-1-2-4-6-14-8-10-16-18(12-14)24-20(26)22-16/h7-12,19,21,25H,1-6H2,(H,22,26). The Hall–Kier alpha value is -1.92. The molecular formula is C20H22N2O2S2. The van der Waals surface area contributed by atoms with Crippen molar-refractivity contribution in [3.63, 3.8) is 0 Å². The van der Waals surface area contributed by atoms with E-state index < -0.39 is 0 Å². The van der Waals surface area contributed by atoms with E-state index in [2.05, 4.69) is 53.3 Å². The van der Waals surface area contributed by atoms with E-state index in [1.54, 1.807) is 0 Å². The maximum Gasteiger partial charge on any atom is 0.266 e. The van der Waals surface area contributed by atoms with Gasteiger partial charge >= 0.3 is 0 Å². The van der Waals surface area contributed by atoms with Gasteiger partial charge in [-0.05, 0) is 73.3 Å². The quantitative estimate of drug-likeness (QED) is 0.271. The zero-order valence-electron chi connectivity index (χ0n) is 14.5. The molecule has 0 spiro atoms. The van der Waals surface area contributed by atoms with Gasteiger partial charge in [-0.3, -0.25) is 0 Å². The Bertz CT molecular complexity index is 964. The maximum absolute atomic E-state index is 5.61. The van der Waals surface area contributed by atoms with Crippen molar-refractivity contribution < 1.29 is 9.15 Å². The Morgan fingerprint density at radius 3 is 2.50 bits per heavy atom. The molecule has 0 amide bonds. The molecule has 26 heavy (non-hydrogen) atoms. The van der Waals surface area contributed by atoms with Crippen LogP contribution in [-0.2, 0) is 12.8 Å². The molecule has 0 bridgehead atoms. The number of H-pyrrole nitrogens is 1. The number of rotatable bonds is 7. The molecule has 136 valence electrons. The Balaban J connectivity index is 1.19. The summed E-state index contributed by atoms with van der Waals surface area (Å²) in [7, 11) is 0. The molecule has 1 aliphatic heterocycles. The fourth-order valence-corrected chi connectivity index (χ4v) is 3.83. The molecule has 6 heteroatoms.